The van der Waals surface area contributed by atoms with Crippen molar-refractivity contribution in [2.45, 2.75) is 47.9 Å². The highest BCUT2D eigenvalue weighted by Gasteiger charge is 2.30. The molecule has 2 amide bonds. The zero-order chi connectivity index (χ0) is 31.6. The maximum Gasteiger partial charge on any atom is 0.343 e. The molecular weight excluding hydrogens is 651 g/mol. The van der Waals surface area contributed by atoms with Gasteiger partial charge in [-0.2, -0.15) is 0 Å². The van der Waals surface area contributed by atoms with Crippen molar-refractivity contribution < 1.29 is 22.0 Å². The van der Waals surface area contributed by atoms with E-state index in [0.717, 1.165) is 24.1 Å². The number of hydrogen-bond donors (Lipinski definition) is 2. The molecule has 0 unspecified atom stereocenters. The Bertz CT molecular complexity index is 1790. The first kappa shape index (κ1) is 32.2. The van der Waals surface area contributed by atoms with Gasteiger partial charge >= 0.3 is 6.03 Å². The quantitative estimate of drug-likeness (QED) is 0.184. The van der Waals surface area contributed by atoms with Crippen LogP contribution in [-0.4, -0.2) is 42.1 Å². The van der Waals surface area contributed by atoms with Gasteiger partial charge in [0.05, 0.1) is 21.8 Å². The number of aromatic nitrogens is 2. The average molecular weight is 681 g/mol. The van der Waals surface area contributed by atoms with E-state index in [0.29, 0.717) is 35.2 Å². The van der Waals surface area contributed by atoms with Gasteiger partial charge in [0.2, 0.25) is 0 Å². The van der Waals surface area contributed by atoms with Crippen LogP contribution in [0.25, 0.3) is 5.69 Å². The largest absolute Gasteiger partial charge is 0.343 e. The van der Waals surface area contributed by atoms with Crippen molar-refractivity contribution in [3.63, 3.8) is 0 Å². The maximum absolute atomic E-state index is 14.1. The molecule has 1 fully saturated rings. The maximum atomic E-state index is 14.1. The minimum absolute atomic E-state index is 0.0553. The molecule has 0 spiro atoms. The Kier molecular flexibility index (Phi) is 9.57. The van der Waals surface area contributed by atoms with Gasteiger partial charge in [0.25, 0.3) is 10.0 Å². The predicted molar refractivity (Wildman–Crippen MR) is 168 cm³/mol. The van der Waals surface area contributed by atoms with Crippen LogP contribution in [0.4, 0.5) is 13.6 Å². The Morgan fingerprint density at radius 2 is 1.70 bits per heavy atom. The van der Waals surface area contributed by atoms with E-state index in [1.165, 1.54) is 48.2 Å². The number of nitrogens with one attached hydrogen (secondary N) is 2. The number of nitrogens with zero attached hydrogens (tertiary/aromatic N) is 3. The van der Waals surface area contributed by atoms with Gasteiger partial charge in [0, 0.05) is 35.0 Å². The van der Waals surface area contributed by atoms with Crippen LogP contribution in [0.3, 0.4) is 0 Å². The standard InChI is InChI=1S/C30H29Cl2F2N5O3S2/c1-30(2,20-6-8-21(33)9-7-20)27-17-35-29(39(27)22-10-12-26(34)25(32)15-22)43-18-19-5-11-23(16-24(19)31)44(41,42)37-28(40)36-38-13-3-4-14-38/h5-12,15-17H,3-4,13-14,18H2,1-2H3,(H2,36,37,40). The van der Waals surface area contributed by atoms with E-state index >= 15 is 0 Å². The van der Waals surface area contributed by atoms with Crippen molar-refractivity contribution in [3.05, 3.63) is 105 Å². The van der Waals surface area contributed by atoms with Crippen molar-refractivity contribution >= 4 is 51.0 Å². The van der Waals surface area contributed by atoms with Crippen LogP contribution in [0, 0.1) is 11.6 Å². The molecule has 5 rings (SSSR count). The number of carbonyl (C=O) groups is 1. The summed E-state index contributed by atoms with van der Waals surface area (Å²) in [6, 6.07) is 14.0. The molecule has 1 saturated heterocycles. The van der Waals surface area contributed by atoms with Crippen LogP contribution < -0.4 is 10.1 Å². The lowest BCUT2D eigenvalue weighted by Gasteiger charge is -2.27. The molecule has 0 radical (unpaired) electrons. The van der Waals surface area contributed by atoms with Gasteiger partial charge in [0.1, 0.15) is 11.6 Å². The summed E-state index contributed by atoms with van der Waals surface area (Å²) in [7, 11) is -4.16. The fraction of sp³-hybridized carbons (Fsp3) is 0.267. The first-order valence-corrected chi connectivity index (χ1v) is 16.9. The zero-order valence-electron chi connectivity index (χ0n) is 23.8. The topological polar surface area (TPSA) is 96.3 Å². The molecule has 0 saturated carbocycles. The average Bonchev–Trinajstić information content (AvgIpc) is 3.64. The van der Waals surface area contributed by atoms with Crippen LogP contribution in [0.2, 0.25) is 10.0 Å². The molecule has 0 atom stereocenters. The second-order valence-corrected chi connectivity index (χ2v) is 14.2. The van der Waals surface area contributed by atoms with E-state index < -0.39 is 27.3 Å². The number of imidazole rings is 1. The monoisotopic (exact) mass is 679 g/mol. The summed E-state index contributed by atoms with van der Waals surface area (Å²) in [6.45, 7) is 5.26. The number of carbonyl (C=O) groups excluding carboxylic acids is 1. The first-order chi connectivity index (χ1) is 20.8. The SMILES string of the molecule is CC(C)(c1ccc(F)cc1)c1cnc(SCc2ccc(S(=O)(=O)NC(=O)NN3CCCC3)cc2Cl)n1-c1ccc(F)c(Cl)c1. The fourth-order valence-electron chi connectivity index (χ4n) is 4.90. The lowest BCUT2D eigenvalue weighted by atomic mass is 9.81. The van der Waals surface area contributed by atoms with E-state index in [2.05, 4.69) is 10.4 Å². The highest BCUT2D eigenvalue weighted by molar-refractivity contribution is 7.98. The van der Waals surface area contributed by atoms with E-state index in [-0.39, 0.29) is 20.8 Å². The molecule has 0 bridgehead atoms. The normalized spacial score (nSPS) is 14.1. The van der Waals surface area contributed by atoms with Gasteiger partial charge in [0.15, 0.2) is 5.16 Å². The zero-order valence-corrected chi connectivity index (χ0v) is 26.9. The third-order valence-electron chi connectivity index (χ3n) is 7.38. The number of thioether (sulfide) groups is 1. The number of hydrazine groups is 1. The highest BCUT2D eigenvalue weighted by atomic mass is 35.5. The van der Waals surface area contributed by atoms with Gasteiger partial charge in [-0.3, -0.25) is 9.99 Å². The van der Waals surface area contributed by atoms with Gasteiger partial charge in [-0.15, -0.1) is 0 Å². The second kappa shape index (κ2) is 13.1. The highest BCUT2D eigenvalue weighted by Crippen LogP contribution is 2.38. The molecule has 0 aliphatic carbocycles. The summed E-state index contributed by atoms with van der Waals surface area (Å²) in [6.07, 6.45) is 3.56. The summed E-state index contributed by atoms with van der Waals surface area (Å²) >= 11 is 14.0. The lowest BCUT2D eigenvalue weighted by Crippen LogP contribution is -2.47. The number of amides is 2. The summed E-state index contributed by atoms with van der Waals surface area (Å²) in [5, 5.41) is 2.34. The molecule has 232 valence electrons. The minimum Gasteiger partial charge on any atom is -0.291 e. The molecular formula is C30H29Cl2F2N5O3S2. The molecule has 1 aliphatic heterocycles. The van der Waals surface area contributed by atoms with Crippen molar-refractivity contribution in [2.75, 3.05) is 13.1 Å². The van der Waals surface area contributed by atoms with Gasteiger partial charge in [-0.1, -0.05) is 67.0 Å². The van der Waals surface area contributed by atoms with Gasteiger partial charge < -0.3 is 0 Å². The number of halogens is 4. The molecule has 2 heterocycles. The van der Waals surface area contributed by atoms with Crippen LogP contribution in [0.15, 0.2) is 76.9 Å². The van der Waals surface area contributed by atoms with E-state index in [1.807, 2.05) is 23.1 Å². The van der Waals surface area contributed by atoms with Crippen molar-refractivity contribution in [2.24, 2.45) is 0 Å². The Morgan fingerprint density at radius 3 is 2.36 bits per heavy atom. The van der Waals surface area contributed by atoms with E-state index in [1.54, 1.807) is 35.5 Å². The molecule has 4 aromatic rings. The van der Waals surface area contributed by atoms with Crippen LogP contribution >= 0.6 is 35.0 Å². The Hall–Kier alpha value is -3.16. The number of rotatable bonds is 9. The summed E-state index contributed by atoms with van der Waals surface area (Å²) in [5.74, 6) is -0.602. The first-order valence-electron chi connectivity index (χ1n) is 13.6. The van der Waals surface area contributed by atoms with Crippen LogP contribution in [0.1, 0.15) is 43.5 Å². The smallest absolute Gasteiger partial charge is 0.291 e. The van der Waals surface area contributed by atoms with Crippen LogP contribution in [-0.2, 0) is 21.2 Å². The number of sulfonamides is 1. The third kappa shape index (κ3) is 7.05. The number of urea groups is 1. The van der Waals surface area contributed by atoms with E-state index in [4.69, 9.17) is 23.2 Å². The Labute approximate surface area is 268 Å². The Balaban J connectivity index is 1.40. The molecule has 1 aromatic heterocycles. The predicted octanol–water partition coefficient (Wildman–Crippen LogP) is 7.07. The molecule has 1 aliphatic rings. The number of hydrogen-bond acceptors (Lipinski definition) is 6. The number of benzene rings is 3. The molecule has 44 heavy (non-hydrogen) atoms. The molecule has 2 N–H and O–H groups in total. The minimum atomic E-state index is -4.16. The summed E-state index contributed by atoms with van der Waals surface area (Å²) in [5.41, 5.74) is 4.69. The van der Waals surface area contributed by atoms with Crippen molar-refractivity contribution in [1.82, 2.24) is 24.7 Å². The van der Waals surface area contributed by atoms with Gasteiger partial charge in [-0.05, 0) is 66.4 Å². The molecule has 14 heteroatoms. The summed E-state index contributed by atoms with van der Waals surface area (Å²) < 4.78 is 57.3. The third-order valence-corrected chi connectivity index (χ3v) is 10.4. The van der Waals surface area contributed by atoms with Crippen molar-refractivity contribution in [1.29, 1.82) is 0 Å². The summed E-state index contributed by atoms with van der Waals surface area (Å²) in [4.78, 5) is 16.7. The van der Waals surface area contributed by atoms with Crippen LogP contribution in [0.5, 0.6) is 0 Å². The van der Waals surface area contributed by atoms with E-state index in [9.17, 15) is 22.0 Å². The Morgan fingerprint density at radius 1 is 1.00 bits per heavy atom. The fourth-order valence-corrected chi connectivity index (χ4v) is 7.39. The molecule has 3 aromatic carbocycles. The second-order valence-electron chi connectivity index (χ2n) is 10.8. The van der Waals surface area contributed by atoms with Crippen molar-refractivity contribution in [3.8, 4) is 5.69 Å². The molecule has 8 nitrogen and oxygen atoms in total. The lowest BCUT2D eigenvalue weighted by molar-refractivity contribution is 0.202. The van der Waals surface area contributed by atoms with Gasteiger partial charge in [-0.25, -0.2) is 36.7 Å².